The summed E-state index contributed by atoms with van der Waals surface area (Å²) in [5, 5.41) is 3.33. The Labute approximate surface area is 78.8 Å². The van der Waals surface area contributed by atoms with Crippen LogP contribution < -0.4 is 5.32 Å². The van der Waals surface area contributed by atoms with E-state index in [1.165, 1.54) is 6.08 Å². The molecule has 3 atom stereocenters. The van der Waals surface area contributed by atoms with Gasteiger partial charge < -0.3 is 10.2 Å². The smallest absolute Gasteiger partial charge is 0.246 e. The molecule has 0 aromatic rings. The van der Waals surface area contributed by atoms with Crippen LogP contribution in [0.3, 0.4) is 0 Å². The Hall–Kier alpha value is -0.830. The summed E-state index contributed by atoms with van der Waals surface area (Å²) in [6.45, 7) is 7.69. The highest BCUT2D eigenvalue weighted by Crippen LogP contribution is 2.32. The van der Waals surface area contributed by atoms with E-state index >= 15 is 0 Å². The molecule has 0 saturated carbocycles. The minimum atomic E-state index is 0.0868. The summed E-state index contributed by atoms with van der Waals surface area (Å²) in [4.78, 5) is 13.5. The lowest BCUT2D eigenvalue weighted by Gasteiger charge is -2.26. The molecule has 2 heterocycles. The number of amides is 1. The van der Waals surface area contributed by atoms with Crippen LogP contribution >= 0.6 is 0 Å². The molecule has 13 heavy (non-hydrogen) atoms. The average Bonchev–Trinajstić information content (AvgIpc) is 2.62. The Morgan fingerprint density at radius 1 is 1.62 bits per heavy atom. The number of rotatable bonds is 1. The van der Waals surface area contributed by atoms with Crippen molar-refractivity contribution in [2.75, 3.05) is 13.1 Å². The Bertz CT molecular complexity index is 239. The molecule has 3 heteroatoms. The van der Waals surface area contributed by atoms with Crippen molar-refractivity contribution < 1.29 is 4.79 Å². The summed E-state index contributed by atoms with van der Waals surface area (Å²) in [6.07, 6.45) is 2.56. The van der Waals surface area contributed by atoms with Gasteiger partial charge in [0, 0.05) is 25.2 Å². The second-order valence-corrected chi connectivity index (χ2v) is 4.02. The van der Waals surface area contributed by atoms with Crippen LogP contribution in [0.2, 0.25) is 0 Å². The number of hydrogen-bond donors (Lipinski definition) is 1. The zero-order valence-corrected chi connectivity index (χ0v) is 7.99. The second kappa shape index (κ2) is 3.14. The van der Waals surface area contributed by atoms with Gasteiger partial charge in [-0.05, 0) is 25.3 Å². The van der Waals surface area contributed by atoms with Gasteiger partial charge in [-0.2, -0.15) is 0 Å². The lowest BCUT2D eigenvalue weighted by Crippen LogP contribution is -2.41. The molecular weight excluding hydrogens is 164 g/mol. The van der Waals surface area contributed by atoms with Crippen LogP contribution in [-0.2, 0) is 4.79 Å². The maximum absolute atomic E-state index is 11.5. The fourth-order valence-electron chi connectivity index (χ4n) is 2.65. The number of fused-ring (bicyclic) bond motifs is 1. The van der Waals surface area contributed by atoms with Gasteiger partial charge in [0.25, 0.3) is 0 Å². The average molecular weight is 180 g/mol. The third kappa shape index (κ3) is 1.27. The van der Waals surface area contributed by atoms with Crippen molar-refractivity contribution in [3.63, 3.8) is 0 Å². The van der Waals surface area contributed by atoms with Crippen LogP contribution in [0.25, 0.3) is 0 Å². The first kappa shape index (κ1) is 8.75. The lowest BCUT2D eigenvalue weighted by molar-refractivity contribution is -0.128. The topological polar surface area (TPSA) is 32.3 Å². The Kier molecular flexibility index (Phi) is 2.12. The first-order valence-electron chi connectivity index (χ1n) is 4.89. The third-order valence-corrected chi connectivity index (χ3v) is 3.21. The van der Waals surface area contributed by atoms with Gasteiger partial charge in [0.15, 0.2) is 0 Å². The van der Waals surface area contributed by atoms with E-state index in [4.69, 9.17) is 0 Å². The summed E-state index contributed by atoms with van der Waals surface area (Å²) in [5.74, 6) is 0.752. The van der Waals surface area contributed by atoms with E-state index in [9.17, 15) is 4.79 Å². The van der Waals surface area contributed by atoms with Crippen LogP contribution in [0.4, 0.5) is 0 Å². The highest BCUT2D eigenvalue weighted by Gasteiger charge is 2.43. The number of hydrogen-bond acceptors (Lipinski definition) is 2. The molecule has 0 bridgehead atoms. The summed E-state index contributed by atoms with van der Waals surface area (Å²) in [7, 11) is 0. The van der Waals surface area contributed by atoms with E-state index in [0.29, 0.717) is 18.0 Å². The molecule has 0 aliphatic carbocycles. The highest BCUT2D eigenvalue weighted by molar-refractivity contribution is 5.87. The molecule has 72 valence electrons. The van der Waals surface area contributed by atoms with Crippen LogP contribution in [0.1, 0.15) is 13.3 Å². The van der Waals surface area contributed by atoms with E-state index in [0.717, 1.165) is 19.5 Å². The van der Waals surface area contributed by atoms with Gasteiger partial charge in [-0.15, -0.1) is 0 Å². The molecule has 2 aliphatic heterocycles. The molecule has 1 N–H and O–H groups in total. The maximum atomic E-state index is 11.5. The van der Waals surface area contributed by atoms with Crippen molar-refractivity contribution in [3.8, 4) is 0 Å². The molecular formula is C10H16N2O. The SMILES string of the molecule is C=CC(=O)N1C(C)CC2CNCC21. The summed E-state index contributed by atoms with van der Waals surface area (Å²) < 4.78 is 0. The van der Waals surface area contributed by atoms with Crippen molar-refractivity contribution in [1.29, 1.82) is 0 Å². The van der Waals surface area contributed by atoms with E-state index in [-0.39, 0.29) is 5.91 Å². The van der Waals surface area contributed by atoms with Crippen molar-refractivity contribution in [2.45, 2.75) is 25.4 Å². The van der Waals surface area contributed by atoms with Gasteiger partial charge in [0.05, 0.1) is 0 Å². The monoisotopic (exact) mass is 180 g/mol. The zero-order chi connectivity index (χ0) is 9.42. The Morgan fingerprint density at radius 2 is 2.38 bits per heavy atom. The highest BCUT2D eigenvalue weighted by atomic mass is 16.2. The van der Waals surface area contributed by atoms with Crippen LogP contribution in [0.15, 0.2) is 12.7 Å². The van der Waals surface area contributed by atoms with Gasteiger partial charge in [-0.3, -0.25) is 4.79 Å². The molecule has 3 nitrogen and oxygen atoms in total. The van der Waals surface area contributed by atoms with E-state index < -0.39 is 0 Å². The van der Waals surface area contributed by atoms with Crippen LogP contribution in [-0.4, -0.2) is 36.0 Å². The van der Waals surface area contributed by atoms with Crippen molar-refractivity contribution in [2.24, 2.45) is 5.92 Å². The number of likely N-dealkylation sites (tertiary alicyclic amines) is 1. The zero-order valence-electron chi connectivity index (χ0n) is 7.99. The molecule has 2 saturated heterocycles. The largest absolute Gasteiger partial charge is 0.332 e. The number of carbonyl (C=O) groups is 1. The molecule has 3 unspecified atom stereocenters. The molecule has 0 radical (unpaired) electrons. The standard InChI is InChI=1S/C10H16N2O/c1-3-10(13)12-7(2)4-8-5-11-6-9(8)12/h3,7-9,11H,1,4-6H2,2H3. The van der Waals surface area contributed by atoms with Crippen LogP contribution in [0, 0.1) is 5.92 Å². The van der Waals surface area contributed by atoms with Crippen molar-refractivity contribution in [3.05, 3.63) is 12.7 Å². The molecule has 1 amide bonds. The predicted molar refractivity (Wildman–Crippen MR) is 51.3 cm³/mol. The van der Waals surface area contributed by atoms with E-state index in [1.807, 2.05) is 4.90 Å². The number of nitrogens with zero attached hydrogens (tertiary/aromatic N) is 1. The maximum Gasteiger partial charge on any atom is 0.246 e. The summed E-state index contributed by atoms with van der Waals surface area (Å²) >= 11 is 0. The molecule has 0 aromatic heterocycles. The predicted octanol–water partition coefficient (Wildman–Crippen LogP) is 0.381. The van der Waals surface area contributed by atoms with Gasteiger partial charge in [0.2, 0.25) is 5.91 Å². The molecule has 0 spiro atoms. The minimum Gasteiger partial charge on any atom is -0.332 e. The first-order valence-corrected chi connectivity index (χ1v) is 4.89. The Morgan fingerprint density at radius 3 is 3.08 bits per heavy atom. The second-order valence-electron chi connectivity index (χ2n) is 4.02. The van der Waals surface area contributed by atoms with Gasteiger partial charge >= 0.3 is 0 Å². The van der Waals surface area contributed by atoms with E-state index in [2.05, 4.69) is 18.8 Å². The van der Waals surface area contributed by atoms with Gasteiger partial charge in [-0.25, -0.2) is 0 Å². The lowest BCUT2D eigenvalue weighted by atomic mass is 10.0. The molecule has 2 rings (SSSR count). The first-order chi connectivity index (χ1) is 6.24. The fraction of sp³-hybridized carbons (Fsp3) is 0.700. The van der Waals surface area contributed by atoms with Crippen molar-refractivity contribution in [1.82, 2.24) is 10.2 Å². The summed E-state index contributed by atoms with van der Waals surface area (Å²) in [5.41, 5.74) is 0. The minimum absolute atomic E-state index is 0.0868. The van der Waals surface area contributed by atoms with Crippen LogP contribution in [0.5, 0.6) is 0 Å². The normalized spacial score (nSPS) is 37.6. The Balaban J connectivity index is 2.16. The fourth-order valence-corrected chi connectivity index (χ4v) is 2.65. The van der Waals surface area contributed by atoms with E-state index in [1.54, 1.807) is 0 Å². The molecule has 2 aliphatic rings. The quantitative estimate of drug-likeness (QED) is 0.592. The summed E-state index contributed by atoms with van der Waals surface area (Å²) in [6, 6.07) is 0.808. The van der Waals surface area contributed by atoms with Crippen molar-refractivity contribution >= 4 is 5.91 Å². The third-order valence-electron chi connectivity index (χ3n) is 3.21. The van der Waals surface area contributed by atoms with Gasteiger partial charge in [-0.1, -0.05) is 6.58 Å². The van der Waals surface area contributed by atoms with Gasteiger partial charge in [0.1, 0.15) is 0 Å². The molecule has 0 aromatic carbocycles. The number of carbonyl (C=O) groups excluding carboxylic acids is 1. The number of nitrogens with one attached hydrogen (secondary N) is 1. The molecule has 2 fully saturated rings.